The monoisotopic (exact) mass is 216 g/mol. The first-order chi connectivity index (χ1) is 6.63. The lowest BCUT2D eigenvalue weighted by Crippen LogP contribution is -2.50. The summed E-state index contributed by atoms with van der Waals surface area (Å²) in [5, 5.41) is 4.12. The Hall–Kier alpha value is -0.350. The molecule has 82 valence electrons. The van der Waals surface area contributed by atoms with Gasteiger partial charge in [0.05, 0.1) is 12.7 Å². The van der Waals surface area contributed by atoms with Crippen molar-refractivity contribution in [3.05, 3.63) is 0 Å². The predicted molar refractivity (Wildman–Crippen MR) is 62.5 cm³/mol. The predicted octanol–water partition coefficient (Wildman–Crippen LogP) is 1.38. The van der Waals surface area contributed by atoms with Crippen LogP contribution in [0, 0.1) is 0 Å². The van der Waals surface area contributed by atoms with Crippen molar-refractivity contribution in [3.63, 3.8) is 0 Å². The van der Waals surface area contributed by atoms with Crippen molar-refractivity contribution >= 4 is 17.3 Å². The van der Waals surface area contributed by atoms with Crippen molar-refractivity contribution in [2.24, 2.45) is 0 Å². The summed E-state index contributed by atoms with van der Waals surface area (Å²) in [6.45, 7) is 8.98. The fourth-order valence-electron chi connectivity index (χ4n) is 1.49. The molecular weight excluding hydrogens is 196 g/mol. The van der Waals surface area contributed by atoms with Crippen LogP contribution >= 0.6 is 12.2 Å². The third-order valence-corrected chi connectivity index (χ3v) is 2.67. The quantitative estimate of drug-likeness (QED) is 0.705. The van der Waals surface area contributed by atoms with Crippen LogP contribution in [0.15, 0.2) is 0 Å². The molecule has 14 heavy (non-hydrogen) atoms. The van der Waals surface area contributed by atoms with Gasteiger partial charge in [0.15, 0.2) is 5.11 Å². The van der Waals surface area contributed by atoms with E-state index in [2.05, 4.69) is 31.0 Å². The number of rotatable bonds is 2. The normalized spacial score (nSPS) is 22.6. The second-order valence-corrected chi connectivity index (χ2v) is 4.34. The molecule has 0 saturated carbocycles. The third-order valence-electron chi connectivity index (χ3n) is 2.29. The van der Waals surface area contributed by atoms with Crippen LogP contribution in [0.5, 0.6) is 0 Å². The zero-order valence-corrected chi connectivity index (χ0v) is 10.1. The summed E-state index contributed by atoms with van der Waals surface area (Å²) in [6, 6.07) is 0.408. The topological polar surface area (TPSA) is 24.5 Å². The van der Waals surface area contributed by atoms with E-state index in [1.807, 2.05) is 0 Å². The first kappa shape index (κ1) is 11.7. The molecule has 0 aromatic rings. The van der Waals surface area contributed by atoms with Crippen LogP contribution in [0.25, 0.3) is 0 Å². The minimum atomic E-state index is 0.343. The summed E-state index contributed by atoms with van der Waals surface area (Å²) in [4.78, 5) is 2.20. The number of nitrogens with zero attached hydrogens (tertiary/aromatic N) is 1. The molecule has 1 rings (SSSR count). The second-order valence-electron chi connectivity index (χ2n) is 3.95. The number of ether oxygens (including phenoxy) is 1. The maximum Gasteiger partial charge on any atom is 0.169 e. The number of hydrogen-bond acceptors (Lipinski definition) is 2. The van der Waals surface area contributed by atoms with Crippen LogP contribution in [0.2, 0.25) is 0 Å². The highest BCUT2D eigenvalue weighted by atomic mass is 32.1. The zero-order valence-electron chi connectivity index (χ0n) is 9.25. The van der Waals surface area contributed by atoms with Crippen molar-refractivity contribution in [1.29, 1.82) is 0 Å². The minimum absolute atomic E-state index is 0.343. The fourth-order valence-corrected chi connectivity index (χ4v) is 1.89. The van der Waals surface area contributed by atoms with Crippen LogP contribution in [-0.4, -0.2) is 41.9 Å². The van der Waals surface area contributed by atoms with Crippen molar-refractivity contribution in [2.45, 2.75) is 39.3 Å². The number of hydrogen-bond donors (Lipinski definition) is 1. The molecule has 3 nitrogen and oxygen atoms in total. The van der Waals surface area contributed by atoms with Gasteiger partial charge in [-0.1, -0.05) is 6.92 Å². The van der Waals surface area contributed by atoms with E-state index >= 15 is 0 Å². The SMILES string of the molecule is CCC1CN(C(=S)NC(C)C)CCO1. The van der Waals surface area contributed by atoms with E-state index in [0.717, 1.165) is 31.2 Å². The van der Waals surface area contributed by atoms with E-state index in [-0.39, 0.29) is 0 Å². The van der Waals surface area contributed by atoms with E-state index in [0.29, 0.717) is 12.1 Å². The van der Waals surface area contributed by atoms with E-state index in [9.17, 15) is 0 Å². The molecule has 1 N–H and O–H groups in total. The fraction of sp³-hybridized carbons (Fsp3) is 0.900. The van der Waals surface area contributed by atoms with Gasteiger partial charge in [-0.2, -0.15) is 0 Å². The van der Waals surface area contributed by atoms with Crippen molar-refractivity contribution < 1.29 is 4.74 Å². The largest absolute Gasteiger partial charge is 0.375 e. The molecule has 0 radical (unpaired) electrons. The first-order valence-electron chi connectivity index (χ1n) is 5.30. The average Bonchev–Trinajstić information content (AvgIpc) is 2.17. The number of nitrogens with one attached hydrogen (secondary N) is 1. The molecule has 1 heterocycles. The average molecular weight is 216 g/mol. The smallest absolute Gasteiger partial charge is 0.169 e. The molecule has 4 heteroatoms. The van der Waals surface area contributed by atoms with Gasteiger partial charge in [0, 0.05) is 19.1 Å². The lowest BCUT2D eigenvalue weighted by atomic mass is 10.2. The van der Waals surface area contributed by atoms with Gasteiger partial charge < -0.3 is 15.0 Å². The van der Waals surface area contributed by atoms with Crippen molar-refractivity contribution in [1.82, 2.24) is 10.2 Å². The number of thiocarbonyl (C=S) groups is 1. The summed E-state index contributed by atoms with van der Waals surface area (Å²) >= 11 is 5.31. The Kier molecular flexibility index (Phi) is 4.62. The molecule has 1 aliphatic rings. The lowest BCUT2D eigenvalue weighted by Gasteiger charge is -2.34. The Balaban J connectivity index is 2.39. The molecule has 0 aliphatic carbocycles. The maximum absolute atomic E-state index is 5.58. The van der Waals surface area contributed by atoms with Gasteiger partial charge in [-0.05, 0) is 32.5 Å². The van der Waals surface area contributed by atoms with Crippen LogP contribution in [-0.2, 0) is 4.74 Å². The Morgan fingerprint density at radius 2 is 2.36 bits per heavy atom. The van der Waals surface area contributed by atoms with E-state index in [1.54, 1.807) is 0 Å². The van der Waals surface area contributed by atoms with Crippen LogP contribution < -0.4 is 5.32 Å². The van der Waals surface area contributed by atoms with Gasteiger partial charge in [0.1, 0.15) is 0 Å². The van der Waals surface area contributed by atoms with E-state index < -0.39 is 0 Å². The van der Waals surface area contributed by atoms with Crippen LogP contribution in [0.1, 0.15) is 27.2 Å². The summed E-state index contributed by atoms with van der Waals surface area (Å²) in [7, 11) is 0. The highest BCUT2D eigenvalue weighted by Gasteiger charge is 2.20. The van der Waals surface area contributed by atoms with Gasteiger partial charge in [-0.15, -0.1) is 0 Å². The molecular formula is C10H20N2OS. The summed E-state index contributed by atoms with van der Waals surface area (Å²) in [5.74, 6) is 0. The maximum atomic E-state index is 5.58. The van der Waals surface area contributed by atoms with Gasteiger partial charge in [0.25, 0.3) is 0 Å². The molecule has 1 fully saturated rings. The molecule has 1 saturated heterocycles. The Bertz CT molecular complexity index is 197. The van der Waals surface area contributed by atoms with E-state index in [1.165, 1.54) is 0 Å². The Morgan fingerprint density at radius 3 is 2.93 bits per heavy atom. The van der Waals surface area contributed by atoms with Gasteiger partial charge in [-0.3, -0.25) is 0 Å². The molecule has 0 aromatic heterocycles. The molecule has 0 amide bonds. The van der Waals surface area contributed by atoms with Crippen LogP contribution in [0.4, 0.5) is 0 Å². The third kappa shape index (κ3) is 3.42. The molecule has 0 bridgehead atoms. The van der Waals surface area contributed by atoms with Crippen LogP contribution in [0.3, 0.4) is 0 Å². The summed E-state index contributed by atoms with van der Waals surface area (Å²) in [5.41, 5.74) is 0. The molecule has 1 atom stereocenters. The molecule has 1 aliphatic heterocycles. The molecule has 1 unspecified atom stereocenters. The molecule has 0 aromatic carbocycles. The summed E-state index contributed by atoms with van der Waals surface area (Å²) in [6.07, 6.45) is 1.40. The van der Waals surface area contributed by atoms with Gasteiger partial charge in [0.2, 0.25) is 0 Å². The van der Waals surface area contributed by atoms with Crippen molar-refractivity contribution in [3.8, 4) is 0 Å². The Morgan fingerprint density at radius 1 is 1.64 bits per heavy atom. The standard InChI is InChI=1S/C10H20N2OS/c1-4-9-7-12(5-6-13-9)10(14)11-8(2)3/h8-9H,4-7H2,1-3H3,(H,11,14). The molecule has 0 spiro atoms. The number of morpholine rings is 1. The van der Waals surface area contributed by atoms with Gasteiger partial charge >= 0.3 is 0 Å². The van der Waals surface area contributed by atoms with Crippen molar-refractivity contribution in [2.75, 3.05) is 19.7 Å². The Labute approximate surface area is 91.8 Å². The zero-order chi connectivity index (χ0) is 10.6. The second kappa shape index (κ2) is 5.51. The minimum Gasteiger partial charge on any atom is -0.375 e. The highest BCUT2D eigenvalue weighted by Crippen LogP contribution is 2.08. The highest BCUT2D eigenvalue weighted by molar-refractivity contribution is 7.80. The van der Waals surface area contributed by atoms with E-state index in [4.69, 9.17) is 17.0 Å². The lowest BCUT2D eigenvalue weighted by molar-refractivity contribution is -0.00732. The van der Waals surface area contributed by atoms with Gasteiger partial charge in [-0.25, -0.2) is 0 Å². The first-order valence-corrected chi connectivity index (χ1v) is 5.71. The summed E-state index contributed by atoms with van der Waals surface area (Å²) < 4.78 is 5.58.